The largest absolute Gasteiger partial charge is 1.00 e. The molecule has 0 saturated heterocycles. The van der Waals surface area contributed by atoms with Gasteiger partial charge in [-0.3, -0.25) is 0 Å². The Bertz CT molecular complexity index is 1610. The third-order valence-corrected chi connectivity index (χ3v) is 6.76. The van der Waals surface area contributed by atoms with Gasteiger partial charge in [0.1, 0.15) is 0 Å². The molecular formula is C28H38Cl3N8NaO8S5. The molecule has 0 radical (unpaired) electrons. The molecule has 0 aliphatic carbocycles. The quantitative estimate of drug-likeness (QED) is 0.0538. The normalized spacial score (nSPS) is 10.6. The fraction of sp³-hybridized carbons (Fsp3) is 0.357. The van der Waals surface area contributed by atoms with Crippen LogP contribution in [0.15, 0.2) is 70.2 Å². The molecule has 0 spiro atoms. The molecule has 0 atom stereocenters. The fourth-order valence-electron chi connectivity index (χ4n) is 2.22. The van der Waals surface area contributed by atoms with E-state index in [9.17, 15) is 9.59 Å². The zero-order chi connectivity index (χ0) is 43.9. The summed E-state index contributed by atoms with van der Waals surface area (Å²) in [4.78, 5) is 52.3. The molecule has 0 aliphatic heterocycles. The predicted molar refractivity (Wildman–Crippen MR) is 208 cm³/mol. The zero-order valence-corrected chi connectivity index (χ0v) is 37.8. The van der Waals surface area contributed by atoms with Crippen molar-refractivity contribution in [2.24, 2.45) is 0 Å². The van der Waals surface area contributed by atoms with Crippen LogP contribution in [0.4, 0.5) is 0 Å². The Morgan fingerprint density at radius 1 is 0.736 bits per heavy atom. The van der Waals surface area contributed by atoms with Crippen LogP contribution in [0, 0.1) is 0 Å². The van der Waals surface area contributed by atoms with Gasteiger partial charge in [-0.2, -0.15) is 7.11 Å². The molecule has 0 unspecified atom stereocenters. The van der Waals surface area contributed by atoms with Crippen LogP contribution in [-0.2, 0) is 26.4 Å². The number of nitrogens with zero attached hydrogens (tertiary/aromatic N) is 8. The summed E-state index contributed by atoms with van der Waals surface area (Å²) in [5.74, 6) is -3.26. The van der Waals surface area contributed by atoms with Crippen molar-refractivity contribution in [1.29, 1.82) is 0 Å². The molecule has 4 heterocycles. The van der Waals surface area contributed by atoms with E-state index in [1.54, 1.807) is 6.92 Å². The van der Waals surface area contributed by atoms with Crippen LogP contribution in [-0.4, -0.2) is 117 Å². The van der Waals surface area contributed by atoms with E-state index in [0.29, 0.717) is 32.8 Å². The molecule has 290 valence electrons. The second kappa shape index (κ2) is 40.2. The minimum absolute atomic E-state index is 0. The summed E-state index contributed by atoms with van der Waals surface area (Å²) in [6.45, 7) is -0.227. The number of thioether (sulfide) groups is 4. The van der Waals surface area contributed by atoms with Crippen molar-refractivity contribution in [2.75, 3.05) is 45.8 Å². The van der Waals surface area contributed by atoms with Gasteiger partial charge in [0.25, 0.3) is 0 Å². The second-order valence-electron chi connectivity index (χ2n) is 7.25. The maximum atomic E-state index is 11.1. The van der Waals surface area contributed by atoms with Crippen molar-refractivity contribution in [3.05, 3.63) is 71.8 Å². The third-order valence-electron chi connectivity index (χ3n) is 4.24. The number of hydrogen-bond donors (Lipinski definition) is 3. The third kappa shape index (κ3) is 31.5. The number of carbonyl (C=O) groups excluding carboxylic acids is 1. The van der Waals surface area contributed by atoms with Gasteiger partial charge in [-0.15, -0.1) is 11.6 Å². The number of carboxylic acid groups (broad SMARTS) is 1. The number of esters is 1. The van der Waals surface area contributed by atoms with E-state index >= 15 is 0 Å². The minimum Gasteiger partial charge on any atom is -0.857 e. The molecular weight excluding hydrogens is 866 g/mol. The summed E-state index contributed by atoms with van der Waals surface area (Å²) in [5, 5.41) is 35.0. The van der Waals surface area contributed by atoms with E-state index < -0.39 is 27.6 Å². The van der Waals surface area contributed by atoms with Gasteiger partial charge in [0.2, 0.25) is 9.23 Å². The Balaban J connectivity index is -0.000000308. The van der Waals surface area contributed by atoms with Gasteiger partial charge >= 0.3 is 41.5 Å². The molecule has 3 N–H and O–H groups in total. The van der Waals surface area contributed by atoms with Crippen molar-refractivity contribution in [2.45, 2.75) is 39.9 Å². The van der Waals surface area contributed by atoms with Crippen molar-refractivity contribution in [1.82, 2.24) is 39.9 Å². The number of ether oxygens (including phenoxy) is 1. The predicted octanol–water partition coefficient (Wildman–Crippen LogP) is 1.53. The number of aliphatic hydroxyl groups is 2. The molecule has 0 bridgehead atoms. The topological polar surface area (TPSA) is 247 Å². The number of aromatic nitrogens is 8. The molecule has 0 amide bonds. The van der Waals surface area contributed by atoms with Crippen LogP contribution in [0.2, 0.25) is 0 Å². The molecule has 4 aromatic rings. The van der Waals surface area contributed by atoms with E-state index in [1.807, 2.05) is 25.0 Å². The van der Waals surface area contributed by atoms with Crippen molar-refractivity contribution >= 4 is 101 Å². The molecule has 4 aromatic heterocycles. The van der Waals surface area contributed by atoms with Crippen LogP contribution in [0.3, 0.4) is 0 Å². The minimum atomic E-state index is -2.35. The monoisotopic (exact) mass is 906 g/mol. The molecule has 16 nitrogen and oxygen atoms in total. The van der Waals surface area contributed by atoms with Gasteiger partial charge in [0.15, 0.2) is 20.6 Å². The van der Waals surface area contributed by atoms with Gasteiger partial charge in [-0.05, 0) is 31.9 Å². The van der Waals surface area contributed by atoms with E-state index in [-0.39, 0.29) is 52.2 Å². The Labute approximate surface area is 369 Å². The van der Waals surface area contributed by atoms with Crippen LogP contribution < -0.4 is 34.7 Å². The molecule has 4 rings (SSSR count). The average molecular weight is 908 g/mol. The smallest absolute Gasteiger partial charge is 0.857 e. The Morgan fingerprint density at radius 2 is 1.02 bits per heavy atom. The van der Waals surface area contributed by atoms with Gasteiger partial charge < -0.3 is 25.2 Å². The first kappa shape index (κ1) is 49.6. The molecule has 0 aliphatic rings. The SMILES string of the molecule is CCOC(=O)c1cnc(SC)nc1.CO.CSc1ncc(C(=O)O)cn1.C[O-].O=S(Cl)Cl.[2H]C([2H])(Cl)c1cnc(SC)nc1.[2H]C([2H])(O)c1cnc(SC)nc1.[Na+]. The maximum absolute atomic E-state index is 11.1. The Morgan fingerprint density at radius 3 is 1.26 bits per heavy atom. The Hall–Kier alpha value is -1.44. The summed E-state index contributed by atoms with van der Waals surface area (Å²) in [5.41, 5.74) is 0.852. The maximum Gasteiger partial charge on any atom is 1.00 e. The van der Waals surface area contributed by atoms with Gasteiger partial charge in [0.05, 0.1) is 32.9 Å². The van der Waals surface area contributed by atoms with E-state index in [4.69, 9.17) is 46.5 Å². The summed E-state index contributed by atoms with van der Waals surface area (Å²) >= 11 is 11.0. The standard InChI is InChI=1S/C8H10N2O2S.C6H7ClN2S.C6H6N2O2S.C6H8N2OS.CH4O.CH3O.Cl2OS.Na/c1-3-12-7(11)6-4-9-8(13-2)10-5-6;1-10-6-8-3-5(2-7)4-9-6;1-11-6-7-2-4(3-8-6)5(9)10;1-10-6-7-2-5(4-9)3-8-6;2*1-2;1-4(2)3;/h4-5H,3H2,1-2H3;3-4H,2H2,1H3;2-3H,1H3,(H,9,10);2-3,9H,4H2,1H3;2H,1H3;1H3;;/q;;;;;-1;;+1/i;2D2;;4D2;;;;. The number of aliphatic hydroxyl groups excluding tert-OH is 1. The Kier molecular flexibility index (Phi) is 37.6. The number of halogens is 3. The van der Waals surface area contributed by atoms with E-state index in [1.165, 1.54) is 96.6 Å². The first-order chi connectivity index (χ1) is 26.3. The molecule has 53 heavy (non-hydrogen) atoms. The van der Waals surface area contributed by atoms with Crippen LogP contribution >= 0.6 is 80.0 Å². The average Bonchev–Trinajstić information content (AvgIpc) is 3.19. The fourth-order valence-corrected chi connectivity index (χ4v) is 3.59. The van der Waals surface area contributed by atoms with Crippen LogP contribution in [0.1, 0.15) is 44.2 Å². The van der Waals surface area contributed by atoms with E-state index in [2.05, 4.69) is 61.2 Å². The summed E-state index contributed by atoms with van der Waals surface area (Å²) in [7, 11) is 9.11. The number of carboxylic acids is 1. The number of aromatic carboxylic acids is 1. The summed E-state index contributed by atoms with van der Waals surface area (Å²) in [6.07, 6.45) is 18.2. The van der Waals surface area contributed by atoms with Gasteiger partial charge in [-0.1, -0.05) is 47.0 Å². The van der Waals surface area contributed by atoms with Gasteiger partial charge in [-0.25, -0.2) is 53.7 Å². The first-order valence-corrected chi connectivity index (χ1v) is 21.3. The van der Waals surface area contributed by atoms with Crippen molar-refractivity contribution in [3.63, 3.8) is 0 Å². The molecule has 0 aromatic carbocycles. The van der Waals surface area contributed by atoms with E-state index in [0.717, 1.165) is 14.2 Å². The van der Waals surface area contributed by atoms with Crippen LogP contribution in [0.5, 0.6) is 0 Å². The molecule has 0 saturated carbocycles. The molecule has 25 heteroatoms. The first-order valence-electron chi connectivity index (χ1n) is 15.2. The number of hydrogen-bond acceptors (Lipinski definition) is 19. The van der Waals surface area contributed by atoms with Crippen LogP contribution in [0.25, 0.3) is 0 Å². The van der Waals surface area contributed by atoms with Crippen molar-refractivity contribution in [3.8, 4) is 0 Å². The number of carbonyl (C=O) groups is 2. The zero-order valence-electron chi connectivity index (χ0n) is 33.5. The second-order valence-corrected chi connectivity index (χ2v) is 13.1. The summed E-state index contributed by atoms with van der Waals surface area (Å²) < 4.78 is 42.0. The van der Waals surface area contributed by atoms with Gasteiger partial charge in [0, 0.05) is 91.9 Å². The van der Waals surface area contributed by atoms with Crippen molar-refractivity contribution < 1.29 is 74.0 Å². The number of rotatable bonds is 9. The molecule has 0 fully saturated rings. The summed E-state index contributed by atoms with van der Waals surface area (Å²) in [6, 6.07) is 0. The number of alkyl halides is 1.